The topological polar surface area (TPSA) is 32.6 Å². The zero-order valence-electron chi connectivity index (χ0n) is 14.0. The Labute approximate surface area is 149 Å². The molecule has 0 unspecified atom stereocenters. The number of nitrogens with zero attached hydrogens (tertiary/aromatic N) is 3. The lowest BCUT2D eigenvalue weighted by Crippen LogP contribution is -2.01. The van der Waals surface area contributed by atoms with E-state index in [1.807, 2.05) is 12.1 Å². The summed E-state index contributed by atoms with van der Waals surface area (Å²) in [5, 5.41) is 14.5. The second kappa shape index (κ2) is 4.54. The number of hydrogen-bond acceptors (Lipinski definition) is 1. The van der Waals surface area contributed by atoms with E-state index in [2.05, 4.69) is 45.6 Å². The number of hydrogen-bond donors (Lipinski definition) is 0. The molecule has 6 rings (SSSR count). The van der Waals surface area contributed by atoms with Gasteiger partial charge in [-0.15, -0.1) is 0 Å². The minimum atomic E-state index is 0.756. The van der Waals surface area contributed by atoms with E-state index in [9.17, 15) is 5.26 Å². The van der Waals surface area contributed by atoms with Crippen molar-refractivity contribution in [1.29, 1.82) is 5.26 Å². The first-order chi connectivity index (χ1) is 12.8. The van der Waals surface area contributed by atoms with Gasteiger partial charge in [0.05, 0.1) is 29.2 Å². The van der Waals surface area contributed by atoms with Gasteiger partial charge in [0.15, 0.2) is 5.69 Å². The summed E-state index contributed by atoms with van der Waals surface area (Å²) < 4.78 is 2.34. The molecular weight excluding hydrogens is 318 g/mol. The van der Waals surface area contributed by atoms with Crippen LogP contribution >= 0.6 is 0 Å². The monoisotopic (exact) mass is 331 g/mol. The Morgan fingerprint density at radius 1 is 0.846 bits per heavy atom. The first-order valence-corrected chi connectivity index (χ1v) is 8.86. The number of rotatable bonds is 0. The number of benzene rings is 3. The van der Waals surface area contributed by atoms with E-state index in [-0.39, 0.29) is 0 Å². The molecule has 26 heavy (non-hydrogen) atoms. The van der Waals surface area contributed by atoms with Crippen LogP contribution in [0.25, 0.3) is 42.9 Å². The Bertz CT molecular complexity index is 1370. The summed E-state index contributed by atoms with van der Waals surface area (Å²) in [6.07, 6.45) is 2.69. The highest BCUT2D eigenvalue weighted by molar-refractivity contribution is 6.24. The predicted molar refractivity (Wildman–Crippen MR) is 104 cm³/mol. The lowest BCUT2D eigenvalue weighted by Gasteiger charge is -2.14. The molecule has 0 saturated carbocycles. The largest absolute Gasteiger partial charge is 0.309 e. The molecule has 2 aromatic heterocycles. The van der Waals surface area contributed by atoms with Gasteiger partial charge in [-0.1, -0.05) is 36.4 Å². The summed E-state index contributed by atoms with van der Waals surface area (Å²) in [5.74, 6) is 0. The molecule has 0 saturated heterocycles. The fraction of sp³-hybridized carbons (Fsp3) is 0.130. The van der Waals surface area contributed by atoms with E-state index in [1.165, 1.54) is 27.1 Å². The van der Waals surface area contributed by atoms with Gasteiger partial charge in [0.2, 0.25) is 0 Å². The average molecular weight is 331 g/mol. The summed E-state index contributed by atoms with van der Waals surface area (Å²) in [5.41, 5.74) is 7.38. The summed E-state index contributed by atoms with van der Waals surface area (Å²) in [4.78, 5) is 3.80. The second-order valence-corrected chi connectivity index (χ2v) is 7.06. The minimum absolute atomic E-state index is 0.756. The molecule has 3 heterocycles. The Kier molecular flexibility index (Phi) is 2.39. The van der Waals surface area contributed by atoms with Crippen LogP contribution in [0.4, 0.5) is 5.69 Å². The van der Waals surface area contributed by atoms with Gasteiger partial charge in [-0.2, -0.15) is 5.26 Å². The van der Waals surface area contributed by atoms with Gasteiger partial charge in [0, 0.05) is 27.1 Å². The molecule has 0 spiro atoms. The van der Waals surface area contributed by atoms with Gasteiger partial charge in [0.25, 0.3) is 0 Å². The van der Waals surface area contributed by atoms with Crippen LogP contribution in [0.15, 0.2) is 42.5 Å². The minimum Gasteiger partial charge on any atom is -0.309 e. The van der Waals surface area contributed by atoms with Crippen molar-refractivity contribution in [2.45, 2.75) is 19.3 Å². The number of nitriles is 1. The zero-order valence-corrected chi connectivity index (χ0v) is 14.0. The van der Waals surface area contributed by atoms with Crippen molar-refractivity contribution in [3.8, 4) is 6.07 Å². The maximum absolute atomic E-state index is 9.65. The van der Waals surface area contributed by atoms with E-state index in [0.29, 0.717) is 0 Å². The third-order valence-electron chi connectivity index (χ3n) is 5.92. The second-order valence-electron chi connectivity index (χ2n) is 7.06. The van der Waals surface area contributed by atoms with Crippen molar-refractivity contribution in [2.75, 3.05) is 0 Å². The smallest absolute Gasteiger partial charge is 0.192 e. The van der Waals surface area contributed by atoms with Gasteiger partial charge in [-0.05, 0) is 36.5 Å². The van der Waals surface area contributed by atoms with Gasteiger partial charge in [-0.3, -0.25) is 0 Å². The molecular formula is C23H13N3. The number of aromatic nitrogens is 1. The van der Waals surface area contributed by atoms with Crippen LogP contribution < -0.4 is 0 Å². The molecule has 0 atom stereocenters. The van der Waals surface area contributed by atoms with Gasteiger partial charge in [-0.25, -0.2) is 4.85 Å². The molecule has 0 aliphatic carbocycles. The summed E-state index contributed by atoms with van der Waals surface area (Å²) in [7, 11) is 0. The van der Waals surface area contributed by atoms with Crippen LogP contribution in [-0.2, 0) is 12.8 Å². The van der Waals surface area contributed by atoms with Crippen LogP contribution in [0.3, 0.4) is 0 Å². The Balaban J connectivity index is 2.07. The SMILES string of the molecule is [C-]#[N+]c1ccc2c3cccc4c5ccc(C#N)c6c5n(c2c1CCC6)c43. The zero-order chi connectivity index (χ0) is 17.4. The highest BCUT2D eigenvalue weighted by Crippen LogP contribution is 2.44. The van der Waals surface area contributed by atoms with Crippen molar-refractivity contribution in [1.82, 2.24) is 4.40 Å². The summed E-state index contributed by atoms with van der Waals surface area (Å²) in [6.45, 7) is 7.61. The predicted octanol–water partition coefficient (Wildman–Crippen LogP) is 5.75. The van der Waals surface area contributed by atoms with Crippen LogP contribution in [0.5, 0.6) is 0 Å². The van der Waals surface area contributed by atoms with Crippen LogP contribution in [0.2, 0.25) is 0 Å². The molecule has 0 amide bonds. The average Bonchev–Trinajstić information content (AvgIpc) is 3.17. The molecule has 1 aliphatic heterocycles. The van der Waals surface area contributed by atoms with Crippen LogP contribution in [0, 0.1) is 17.9 Å². The third-order valence-corrected chi connectivity index (χ3v) is 5.92. The quantitative estimate of drug-likeness (QED) is 0.333. The van der Waals surface area contributed by atoms with E-state index < -0.39 is 0 Å². The fourth-order valence-corrected chi connectivity index (χ4v) is 4.91. The number of para-hydroxylation sites is 1. The fourth-order valence-electron chi connectivity index (χ4n) is 4.91. The standard InChI is InChI=1S/C23H13N3/c1-25-20-11-10-18-16-6-3-5-15-17-9-8-13(12-24)14-4-2-7-19(20)23(18)26(21(14)17)22(15)16/h3,5-6,8-11H,2,4,7H2. The van der Waals surface area contributed by atoms with Crippen molar-refractivity contribution in [2.24, 2.45) is 0 Å². The van der Waals surface area contributed by atoms with Crippen molar-refractivity contribution in [3.05, 3.63) is 70.6 Å². The molecule has 5 aromatic rings. The maximum atomic E-state index is 9.65. The van der Waals surface area contributed by atoms with Crippen LogP contribution in [-0.4, -0.2) is 4.40 Å². The molecule has 0 bridgehead atoms. The molecule has 3 heteroatoms. The lowest BCUT2D eigenvalue weighted by molar-refractivity contribution is 0.821. The van der Waals surface area contributed by atoms with E-state index in [4.69, 9.17) is 6.57 Å². The van der Waals surface area contributed by atoms with Gasteiger partial charge in [0.1, 0.15) is 0 Å². The van der Waals surface area contributed by atoms with Crippen molar-refractivity contribution in [3.63, 3.8) is 0 Å². The Morgan fingerprint density at radius 2 is 1.50 bits per heavy atom. The van der Waals surface area contributed by atoms with Gasteiger partial charge < -0.3 is 4.40 Å². The molecule has 120 valence electrons. The van der Waals surface area contributed by atoms with Gasteiger partial charge >= 0.3 is 0 Å². The Hall–Kier alpha value is -3.56. The maximum Gasteiger partial charge on any atom is 0.192 e. The highest BCUT2D eigenvalue weighted by atomic mass is 14.9. The molecule has 0 fully saturated rings. The first-order valence-electron chi connectivity index (χ1n) is 8.86. The molecule has 0 N–H and O–H groups in total. The number of aryl methyl sites for hydroxylation is 2. The van der Waals surface area contributed by atoms with E-state index in [1.54, 1.807) is 0 Å². The first kappa shape index (κ1) is 13.7. The third kappa shape index (κ3) is 1.39. The summed E-state index contributed by atoms with van der Waals surface area (Å²) >= 11 is 0. The molecule has 0 radical (unpaired) electrons. The highest BCUT2D eigenvalue weighted by Gasteiger charge is 2.24. The lowest BCUT2D eigenvalue weighted by atomic mass is 9.94. The molecule has 1 aliphatic rings. The van der Waals surface area contributed by atoms with Crippen LogP contribution in [0.1, 0.15) is 23.1 Å². The normalized spacial score (nSPS) is 13.6. The Morgan fingerprint density at radius 3 is 2.23 bits per heavy atom. The molecule has 3 nitrogen and oxygen atoms in total. The van der Waals surface area contributed by atoms with Crippen molar-refractivity contribution < 1.29 is 0 Å². The number of fused-ring (bicyclic) bond motifs is 2. The van der Waals surface area contributed by atoms with E-state index in [0.717, 1.165) is 52.7 Å². The molecule has 3 aromatic carbocycles. The van der Waals surface area contributed by atoms with Crippen molar-refractivity contribution >= 4 is 43.8 Å². The summed E-state index contributed by atoms with van der Waals surface area (Å²) in [6, 6.07) is 17.0. The van der Waals surface area contributed by atoms with E-state index >= 15 is 0 Å².